The Morgan fingerprint density at radius 1 is 1.02 bits per heavy atom. The summed E-state index contributed by atoms with van der Waals surface area (Å²) < 4.78 is 11.8. The summed E-state index contributed by atoms with van der Waals surface area (Å²) >= 11 is 12.3. The molecule has 2 bridgehead atoms. The van der Waals surface area contributed by atoms with Crippen molar-refractivity contribution in [2.75, 3.05) is 25.0 Å². The molecule has 1 aromatic rings. The number of hydrogen-bond acceptors (Lipinski definition) is 6. The van der Waals surface area contributed by atoms with Gasteiger partial charge in [-0.3, -0.25) is 14.4 Å². The van der Waals surface area contributed by atoms with Gasteiger partial charge in [-0.05, 0) is 57.7 Å². The Kier molecular flexibility index (Phi) is 8.15. The zero-order valence-corrected chi connectivity index (χ0v) is 26.0. The van der Waals surface area contributed by atoms with Gasteiger partial charge in [0.2, 0.25) is 17.7 Å². The number of ether oxygens (including phenoxy) is 2. The SMILES string of the molecule is CCOC(=O)N1CCC(N2C(=O)[C@H]3[C@H](C(=O)Nc4ccc(Cl)c(Cl)c4)[C@@]4(C)C=C[C@@]3(O4)[C@H]2C(=O)NC2CCCCC2)CC1. The molecule has 4 amide bonds. The van der Waals surface area contributed by atoms with E-state index >= 15 is 0 Å². The van der Waals surface area contributed by atoms with Crippen LogP contribution in [0.3, 0.4) is 0 Å². The lowest BCUT2D eigenvalue weighted by Gasteiger charge is -2.41. The molecule has 3 saturated heterocycles. The lowest BCUT2D eigenvalue weighted by molar-refractivity contribution is -0.148. The van der Waals surface area contributed by atoms with E-state index < -0.39 is 35.0 Å². The summed E-state index contributed by atoms with van der Waals surface area (Å²) in [7, 11) is 0. The van der Waals surface area contributed by atoms with Crippen molar-refractivity contribution >= 4 is 52.7 Å². The molecule has 10 nitrogen and oxygen atoms in total. The molecule has 43 heavy (non-hydrogen) atoms. The molecule has 1 aromatic carbocycles. The van der Waals surface area contributed by atoms with Crippen molar-refractivity contribution in [2.24, 2.45) is 11.8 Å². The van der Waals surface area contributed by atoms with E-state index in [0.29, 0.717) is 41.7 Å². The van der Waals surface area contributed by atoms with Crippen molar-refractivity contribution in [1.82, 2.24) is 15.1 Å². The second-order valence-electron chi connectivity index (χ2n) is 12.5. The number of carbonyl (C=O) groups excluding carboxylic acids is 4. The van der Waals surface area contributed by atoms with Crippen molar-refractivity contribution in [3.63, 3.8) is 0 Å². The van der Waals surface area contributed by atoms with Crippen LogP contribution < -0.4 is 10.6 Å². The first-order chi connectivity index (χ1) is 20.6. The summed E-state index contributed by atoms with van der Waals surface area (Å²) in [5.41, 5.74) is -1.92. The van der Waals surface area contributed by atoms with Gasteiger partial charge in [0.15, 0.2) is 0 Å². The third-order valence-electron chi connectivity index (χ3n) is 9.79. The first kappa shape index (κ1) is 30.2. The van der Waals surface area contributed by atoms with Crippen LogP contribution in [-0.2, 0) is 23.9 Å². The maximum Gasteiger partial charge on any atom is 0.409 e. The van der Waals surface area contributed by atoms with E-state index in [-0.39, 0.29) is 36.6 Å². The van der Waals surface area contributed by atoms with Gasteiger partial charge >= 0.3 is 6.09 Å². The van der Waals surface area contributed by atoms with Gasteiger partial charge < -0.3 is 29.9 Å². The van der Waals surface area contributed by atoms with Crippen LogP contribution in [0.25, 0.3) is 0 Å². The molecular weight excluding hydrogens is 595 g/mol. The number of halogens is 2. The highest BCUT2D eigenvalue weighted by molar-refractivity contribution is 6.42. The lowest BCUT2D eigenvalue weighted by atomic mass is 9.70. The molecule has 5 atom stereocenters. The summed E-state index contributed by atoms with van der Waals surface area (Å²) in [6, 6.07) is 3.59. The van der Waals surface area contributed by atoms with Gasteiger partial charge in [0, 0.05) is 30.9 Å². The predicted octanol–water partition coefficient (Wildman–Crippen LogP) is 4.54. The number of piperidine rings is 1. The fraction of sp³-hybridized carbons (Fsp3) is 0.613. The van der Waals surface area contributed by atoms with Crippen LogP contribution in [-0.4, -0.2) is 82.6 Å². The van der Waals surface area contributed by atoms with Crippen LogP contribution in [0.15, 0.2) is 30.4 Å². The zero-order valence-electron chi connectivity index (χ0n) is 24.4. The van der Waals surface area contributed by atoms with Gasteiger partial charge in [-0.25, -0.2) is 4.79 Å². The van der Waals surface area contributed by atoms with Crippen LogP contribution in [0.5, 0.6) is 0 Å². The lowest BCUT2D eigenvalue weighted by Crippen LogP contribution is -2.60. The van der Waals surface area contributed by atoms with Crippen LogP contribution in [0, 0.1) is 11.8 Å². The highest BCUT2D eigenvalue weighted by atomic mass is 35.5. The van der Waals surface area contributed by atoms with Crippen molar-refractivity contribution in [3.8, 4) is 0 Å². The average molecular weight is 634 g/mol. The molecule has 0 unspecified atom stereocenters. The third-order valence-corrected chi connectivity index (χ3v) is 10.5. The first-order valence-corrected chi connectivity index (χ1v) is 16.0. The molecular formula is C31H38Cl2N4O6. The number of hydrogen-bond donors (Lipinski definition) is 2. The number of nitrogens with one attached hydrogen (secondary N) is 2. The molecule has 4 heterocycles. The predicted molar refractivity (Wildman–Crippen MR) is 161 cm³/mol. The van der Waals surface area contributed by atoms with E-state index in [1.807, 2.05) is 12.2 Å². The van der Waals surface area contributed by atoms with Gasteiger partial charge in [-0.1, -0.05) is 54.6 Å². The molecule has 232 valence electrons. The third kappa shape index (κ3) is 5.19. The maximum absolute atomic E-state index is 14.5. The van der Waals surface area contributed by atoms with Crippen LogP contribution in [0.4, 0.5) is 10.5 Å². The molecule has 2 N–H and O–H groups in total. The van der Waals surface area contributed by atoms with E-state index in [2.05, 4.69) is 10.6 Å². The molecule has 0 radical (unpaired) electrons. The van der Waals surface area contributed by atoms with Crippen molar-refractivity contribution < 1.29 is 28.7 Å². The van der Waals surface area contributed by atoms with E-state index in [1.165, 1.54) is 0 Å². The Morgan fingerprint density at radius 3 is 2.42 bits per heavy atom. The minimum atomic E-state index is -1.29. The molecule has 1 spiro atoms. The quantitative estimate of drug-likeness (QED) is 0.445. The number of fused-ring (bicyclic) bond motifs is 1. The number of rotatable bonds is 6. The Hall–Kier alpha value is -2.82. The molecule has 1 aliphatic carbocycles. The molecule has 12 heteroatoms. The molecule has 4 fully saturated rings. The van der Waals surface area contributed by atoms with Gasteiger partial charge in [0.25, 0.3) is 0 Å². The normalized spacial score (nSPS) is 32.2. The smallest absolute Gasteiger partial charge is 0.409 e. The van der Waals surface area contributed by atoms with Crippen molar-refractivity contribution in [3.05, 3.63) is 40.4 Å². The number of likely N-dealkylation sites (tertiary alicyclic amines) is 2. The number of anilines is 1. The summed E-state index contributed by atoms with van der Waals surface area (Å²) in [5.74, 6) is -2.70. The molecule has 4 aliphatic heterocycles. The highest BCUT2D eigenvalue weighted by Gasteiger charge is 2.76. The summed E-state index contributed by atoms with van der Waals surface area (Å²) in [4.78, 5) is 58.3. The molecule has 5 aliphatic rings. The maximum atomic E-state index is 14.5. The summed E-state index contributed by atoms with van der Waals surface area (Å²) in [6.45, 7) is 4.64. The molecule has 0 aromatic heterocycles. The Morgan fingerprint density at radius 2 is 1.74 bits per heavy atom. The fourth-order valence-corrected chi connectivity index (χ4v) is 8.12. The summed E-state index contributed by atoms with van der Waals surface area (Å²) in [6.07, 6.45) is 9.27. The van der Waals surface area contributed by atoms with E-state index in [0.717, 1.165) is 32.1 Å². The second kappa shape index (κ2) is 11.6. The van der Waals surface area contributed by atoms with Gasteiger partial charge in [0.1, 0.15) is 11.6 Å². The molecule has 6 rings (SSSR count). The Bertz CT molecular complexity index is 1340. The van der Waals surface area contributed by atoms with E-state index in [1.54, 1.807) is 41.8 Å². The zero-order chi connectivity index (χ0) is 30.5. The average Bonchev–Trinajstić information content (AvgIpc) is 3.56. The van der Waals surface area contributed by atoms with E-state index in [4.69, 9.17) is 32.7 Å². The topological polar surface area (TPSA) is 117 Å². The van der Waals surface area contributed by atoms with Crippen LogP contribution in [0.1, 0.15) is 58.8 Å². The second-order valence-corrected chi connectivity index (χ2v) is 13.3. The Labute approximate surface area is 261 Å². The van der Waals surface area contributed by atoms with Crippen LogP contribution >= 0.6 is 23.2 Å². The number of nitrogens with zero attached hydrogens (tertiary/aromatic N) is 2. The van der Waals surface area contributed by atoms with Gasteiger partial charge in [0.05, 0.1) is 34.1 Å². The largest absolute Gasteiger partial charge is 0.450 e. The fourth-order valence-electron chi connectivity index (χ4n) is 7.82. The first-order valence-electron chi connectivity index (χ1n) is 15.3. The van der Waals surface area contributed by atoms with Crippen LogP contribution in [0.2, 0.25) is 10.0 Å². The highest BCUT2D eigenvalue weighted by Crippen LogP contribution is 2.60. The van der Waals surface area contributed by atoms with Crippen molar-refractivity contribution in [2.45, 2.75) is 88.1 Å². The number of carbonyl (C=O) groups is 4. The van der Waals surface area contributed by atoms with E-state index in [9.17, 15) is 19.2 Å². The standard InChI is InChI=1S/C31H38Cl2N4O6/c1-3-42-29(41)36-15-11-20(12-16-36)37-25(27(39)34-18-7-5-4-6-8-18)31-14-13-30(2,43-31)23(24(31)28(37)40)26(38)35-19-9-10-21(32)22(33)17-19/h9-10,13-14,17-18,20,23-25H,3-8,11-12,15-16H2,1-2H3,(H,34,39)(H,35,38)/t23-,24-,25-,30-,31+/m1/s1. The minimum Gasteiger partial charge on any atom is -0.450 e. The Balaban J connectivity index is 1.31. The minimum absolute atomic E-state index is 0.0335. The van der Waals surface area contributed by atoms with Crippen molar-refractivity contribution in [1.29, 1.82) is 0 Å². The number of amides is 4. The molecule has 1 saturated carbocycles. The van der Waals surface area contributed by atoms with Gasteiger partial charge in [-0.15, -0.1) is 0 Å². The monoisotopic (exact) mass is 632 g/mol. The van der Waals surface area contributed by atoms with Gasteiger partial charge in [-0.2, -0.15) is 0 Å². The number of benzene rings is 1. The summed E-state index contributed by atoms with van der Waals surface area (Å²) in [5, 5.41) is 6.79.